The lowest BCUT2D eigenvalue weighted by Crippen LogP contribution is -2.46. The van der Waals surface area contributed by atoms with Crippen molar-refractivity contribution in [2.75, 3.05) is 19.6 Å². The summed E-state index contributed by atoms with van der Waals surface area (Å²) in [6.45, 7) is 4.93. The van der Waals surface area contributed by atoms with Crippen LogP contribution < -0.4 is 0 Å². The molecule has 1 N–H and O–H groups in total. The molecule has 4 rings (SSSR count). The van der Waals surface area contributed by atoms with Gasteiger partial charge >= 0.3 is 0 Å². The van der Waals surface area contributed by atoms with Crippen LogP contribution in [0.2, 0.25) is 0 Å². The number of aryl methyl sites for hydroxylation is 1. The fourth-order valence-electron chi connectivity index (χ4n) is 4.16. The summed E-state index contributed by atoms with van der Waals surface area (Å²) in [5.41, 5.74) is 3.34. The number of nitrogens with zero attached hydrogens (tertiary/aromatic N) is 4. The van der Waals surface area contributed by atoms with E-state index in [0.717, 1.165) is 16.8 Å². The first-order chi connectivity index (χ1) is 13.6. The van der Waals surface area contributed by atoms with E-state index in [2.05, 4.69) is 5.10 Å². The zero-order chi connectivity index (χ0) is 19.7. The standard InChI is InChI=1S/C21H26N4O3/c1-15-4-2-3-5-19(15)21(28)23-8-6-16(7-9-23)20(27)24-10-11-25-18(13-24)12-17(14-26)22-25/h2-5,12,16,26H,6-11,13-14H2,1H3. The summed E-state index contributed by atoms with van der Waals surface area (Å²) in [4.78, 5) is 29.5. The van der Waals surface area contributed by atoms with Crippen LogP contribution in [0.25, 0.3) is 0 Å². The molecule has 1 aromatic heterocycles. The Balaban J connectivity index is 1.35. The van der Waals surface area contributed by atoms with Gasteiger partial charge in [-0.15, -0.1) is 0 Å². The van der Waals surface area contributed by atoms with E-state index in [-0.39, 0.29) is 24.3 Å². The monoisotopic (exact) mass is 382 g/mol. The van der Waals surface area contributed by atoms with Gasteiger partial charge in [-0.3, -0.25) is 14.3 Å². The van der Waals surface area contributed by atoms with E-state index in [1.54, 1.807) is 0 Å². The Kier molecular flexibility index (Phi) is 5.17. The summed E-state index contributed by atoms with van der Waals surface area (Å²) in [6.07, 6.45) is 1.40. The summed E-state index contributed by atoms with van der Waals surface area (Å²) in [6, 6.07) is 9.51. The van der Waals surface area contributed by atoms with Crippen molar-refractivity contribution >= 4 is 11.8 Å². The highest BCUT2D eigenvalue weighted by Crippen LogP contribution is 2.24. The summed E-state index contributed by atoms with van der Waals surface area (Å²) in [5, 5.41) is 13.6. The van der Waals surface area contributed by atoms with Gasteiger partial charge in [-0.1, -0.05) is 18.2 Å². The zero-order valence-electron chi connectivity index (χ0n) is 16.2. The van der Waals surface area contributed by atoms with Gasteiger partial charge in [-0.25, -0.2) is 0 Å². The van der Waals surface area contributed by atoms with Gasteiger partial charge in [0.25, 0.3) is 5.91 Å². The minimum Gasteiger partial charge on any atom is -0.390 e. The maximum Gasteiger partial charge on any atom is 0.254 e. The molecule has 2 amide bonds. The molecule has 1 saturated heterocycles. The third-order valence-corrected chi connectivity index (χ3v) is 5.83. The van der Waals surface area contributed by atoms with Gasteiger partial charge < -0.3 is 14.9 Å². The molecule has 7 heteroatoms. The second kappa shape index (κ2) is 7.75. The van der Waals surface area contributed by atoms with Gasteiger partial charge in [0.05, 0.1) is 31.1 Å². The summed E-state index contributed by atoms with van der Waals surface area (Å²) >= 11 is 0. The predicted octanol–water partition coefficient (Wildman–Crippen LogP) is 1.58. The third kappa shape index (κ3) is 3.54. The molecule has 0 bridgehead atoms. The van der Waals surface area contributed by atoms with Crippen LogP contribution in [0.4, 0.5) is 0 Å². The molecule has 0 aliphatic carbocycles. The van der Waals surface area contributed by atoms with E-state index in [9.17, 15) is 14.7 Å². The van der Waals surface area contributed by atoms with Gasteiger partial charge in [-0.2, -0.15) is 5.10 Å². The SMILES string of the molecule is Cc1ccccc1C(=O)N1CCC(C(=O)N2CCn3nc(CO)cc3C2)CC1. The van der Waals surface area contributed by atoms with Crippen molar-refractivity contribution in [3.05, 3.63) is 52.8 Å². The average molecular weight is 382 g/mol. The van der Waals surface area contributed by atoms with E-state index in [4.69, 9.17) is 0 Å². The minimum atomic E-state index is -0.0820. The van der Waals surface area contributed by atoms with Crippen molar-refractivity contribution in [2.45, 2.75) is 39.5 Å². The summed E-state index contributed by atoms with van der Waals surface area (Å²) in [7, 11) is 0. The predicted molar refractivity (Wildman–Crippen MR) is 103 cm³/mol. The molecule has 7 nitrogen and oxygen atoms in total. The Bertz CT molecular complexity index is 884. The van der Waals surface area contributed by atoms with Crippen molar-refractivity contribution in [3.63, 3.8) is 0 Å². The average Bonchev–Trinajstić information content (AvgIpc) is 3.16. The molecule has 0 radical (unpaired) electrons. The molecule has 2 aromatic rings. The molecular weight excluding hydrogens is 356 g/mol. The highest BCUT2D eigenvalue weighted by atomic mass is 16.3. The fourth-order valence-corrected chi connectivity index (χ4v) is 4.16. The van der Waals surface area contributed by atoms with E-state index >= 15 is 0 Å². The number of aliphatic hydroxyl groups is 1. The lowest BCUT2D eigenvalue weighted by molar-refractivity contribution is -0.138. The number of carbonyl (C=O) groups is 2. The number of amides is 2. The van der Waals surface area contributed by atoms with Gasteiger partial charge in [0, 0.05) is 31.1 Å². The fraction of sp³-hybridized carbons (Fsp3) is 0.476. The number of benzene rings is 1. The van der Waals surface area contributed by atoms with Crippen molar-refractivity contribution in [2.24, 2.45) is 5.92 Å². The molecular formula is C21H26N4O3. The maximum absolute atomic E-state index is 13.0. The second-order valence-corrected chi connectivity index (χ2v) is 7.65. The Morgan fingerprint density at radius 1 is 1.11 bits per heavy atom. The topological polar surface area (TPSA) is 78.7 Å². The van der Waals surface area contributed by atoms with Crippen LogP contribution in [0.5, 0.6) is 0 Å². The first kappa shape index (κ1) is 18.7. The number of aliphatic hydroxyl groups excluding tert-OH is 1. The number of hydrogen-bond donors (Lipinski definition) is 1. The van der Waals surface area contributed by atoms with Crippen LogP contribution in [-0.4, -0.2) is 56.1 Å². The van der Waals surface area contributed by atoms with E-state index in [0.29, 0.717) is 51.3 Å². The van der Waals surface area contributed by atoms with Crippen LogP contribution in [0.3, 0.4) is 0 Å². The lowest BCUT2D eigenvalue weighted by Gasteiger charge is -2.35. The van der Waals surface area contributed by atoms with E-state index in [1.807, 2.05) is 51.7 Å². The number of carbonyl (C=O) groups excluding carboxylic acids is 2. The Hall–Kier alpha value is -2.67. The van der Waals surface area contributed by atoms with Gasteiger partial charge in [0.1, 0.15) is 0 Å². The maximum atomic E-state index is 13.0. The minimum absolute atomic E-state index is 0.0345. The molecule has 3 heterocycles. The smallest absolute Gasteiger partial charge is 0.254 e. The highest BCUT2D eigenvalue weighted by molar-refractivity contribution is 5.95. The van der Waals surface area contributed by atoms with Gasteiger partial charge in [-0.05, 0) is 37.5 Å². The van der Waals surface area contributed by atoms with Gasteiger partial charge in [0.2, 0.25) is 5.91 Å². The summed E-state index contributed by atoms with van der Waals surface area (Å²) < 4.78 is 1.87. The molecule has 148 valence electrons. The van der Waals surface area contributed by atoms with Crippen molar-refractivity contribution < 1.29 is 14.7 Å². The lowest BCUT2D eigenvalue weighted by atomic mass is 9.94. The zero-order valence-corrected chi connectivity index (χ0v) is 16.2. The quantitative estimate of drug-likeness (QED) is 0.874. The van der Waals surface area contributed by atoms with E-state index in [1.165, 1.54) is 0 Å². The normalized spacial score (nSPS) is 17.5. The third-order valence-electron chi connectivity index (χ3n) is 5.83. The molecule has 1 fully saturated rings. The Morgan fingerprint density at radius 2 is 1.86 bits per heavy atom. The number of aromatic nitrogens is 2. The van der Waals surface area contributed by atoms with E-state index < -0.39 is 0 Å². The molecule has 2 aliphatic heterocycles. The molecule has 28 heavy (non-hydrogen) atoms. The van der Waals surface area contributed by atoms with Gasteiger partial charge in [0.15, 0.2) is 0 Å². The number of hydrogen-bond acceptors (Lipinski definition) is 4. The largest absolute Gasteiger partial charge is 0.390 e. The Morgan fingerprint density at radius 3 is 2.57 bits per heavy atom. The first-order valence-corrected chi connectivity index (χ1v) is 9.87. The second-order valence-electron chi connectivity index (χ2n) is 7.65. The molecule has 0 spiro atoms. The first-order valence-electron chi connectivity index (χ1n) is 9.87. The van der Waals surface area contributed by atoms with Crippen LogP contribution in [0.1, 0.15) is 40.2 Å². The van der Waals surface area contributed by atoms with Crippen molar-refractivity contribution in [1.82, 2.24) is 19.6 Å². The molecule has 0 saturated carbocycles. The Labute approximate surface area is 164 Å². The molecule has 2 aliphatic rings. The van der Waals surface area contributed by atoms with Crippen molar-refractivity contribution in [3.8, 4) is 0 Å². The highest BCUT2D eigenvalue weighted by Gasteiger charge is 2.32. The van der Waals surface area contributed by atoms with Crippen LogP contribution >= 0.6 is 0 Å². The number of rotatable bonds is 3. The van der Waals surface area contributed by atoms with Crippen LogP contribution in [0.15, 0.2) is 30.3 Å². The number of piperidine rings is 1. The molecule has 0 atom stereocenters. The molecule has 1 aromatic carbocycles. The van der Waals surface area contributed by atoms with Crippen molar-refractivity contribution in [1.29, 1.82) is 0 Å². The molecule has 0 unspecified atom stereocenters. The number of likely N-dealkylation sites (tertiary alicyclic amines) is 1. The summed E-state index contributed by atoms with van der Waals surface area (Å²) in [5.74, 6) is 0.191. The van der Waals surface area contributed by atoms with Crippen LogP contribution in [0, 0.1) is 12.8 Å². The number of fused-ring (bicyclic) bond motifs is 1. The van der Waals surface area contributed by atoms with Crippen LogP contribution in [-0.2, 0) is 24.5 Å².